The molecular weight excluding hydrogens is 340 g/mol. The molecule has 6 nitrogen and oxygen atoms in total. The second-order valence-corrected chi connectivity index (χ2v) is 6.53. The first-order valence-corrected chi connectivity index (χ1v) is 8.48. The molecule has 0 saturated heterocycles. The summed E-state index contributed by atoms with van der Waals surface area (Å²) in [6.45, 7) is 3.48. The molecule has 0 radical (unpaired) electrons. The van der Waals surface area contributed by atoms with E-state index in [1.165, 1.54) is 0 Å². The topological polar surface area (TPSA) is 105 Å². The second-order valence-electron chi connectivity index (χ2n) is 6.53. The molecule has 2 aromatic rings. The Morgan fingerprint density at radius 3 is 2.26 bits per heavy atom. The van der Waals surface area contributed by atoms with Crippen LogP contribution in [0, 0.1) is 6.92 Å². The van der Waals surface area contributed by atoms with Crippen molar-refractivity contribution in [1.82, 2.24) is 0 Å². The van der Waals surface area contributed by atoms with E-state index in [-0.39, 0.29) is 17.1 Å². The van der Waals surface area contributed by atoms with E-state index in [0.29, 0.717) is 28.5 Å². The summed E-state index contributed by atoms with van der Waals surface area (Å²) in [6, 6.07) is 12.5. The highest BCUT2D eigenvalue weighted by Gasteiger charge is 2.27. The van der Waals surface area contributed by atoms with E-state index >= 15 is 0 Å². The number of rotatable bonds is 3. The average molecular weight is 362 g/mol. The normalized spacial score (nSPS) is 15.9. The van der Waals surface area contributed by atoms with Crippen molar-refractivity contribution in [1.29, 1.82) is 0 Å². The Balaban J connectivity index is 2.06. The molecule has 6 heteroatoms. The molecule has 27 heavy (non-hydrogen) atoms. The molecule has 1 aliphatic carbocycles. The SMILES string of the molecule is CC1=C(O)C(=Nc2ccc(N)cc2C)C=C(N(C)c2ccc(N)cc2)C1=O. The van der Waals surface area contributed by atoms with E-state index in [9.17, 15) is 9.90 Å². The summed E-state index contributed by atoms with van der Waals surface area (Å²) in [5.74, 6) is -0.370. The van der Waals surface area contributed by atoms with Crippen molar-refractivity contribution in [2.45, 2.75) is 13.8 Å². The second kappa shape index (κ2) is 6.99. The lowest BCUT2D eigenvalue weighted by atomic mass is 9.98. The monoisotopic (exact) mass is 362 g/mol. The van der Waals surface area contributed by atoms with Gasteiger partial charge < -0.3 is 21.5 Å². The van der Waals surface area contributed by atoms with Crippen LogP contribution in [0.3, 0.4) is 0 Å². The van der Waals surface area contributed by atoms with Crippen LogP contribution in [0.5, 0.6) is 0 Å². The van der Waals surface area contributed by atoms with Crippen molar-refractivity contribution >= 4 is 34.2 Å². The molecule has 0 heterocycles. The molecule has 0 atom stereocenters. The number of carbonyl (C=O) groups excluding carboxylic acids is 1. The van der Waals surface area contributed by atoms with Gasteiger partial charge in [-0.2, -0.15) is 0 Å². The Morgan fingerprint density at radius 2 is 1.63 bits per heavy atom. The fourth-order valence-corrected chi connectivity index (χ4v) is 2.86. The lowest BCUT2D eigenvalue weighted by molar-refractivity contribution is -0.112. The van der Waals surface area contributed by atoms with Crippen LogP contribution in [-0.4, -0.2) is 23.6 Å². The van der Waals surface area contributed by atoms with Gasteiger partial charge in [0.15, 0.2) is 0 Å². The molecule has 0 amide bonds. The Morgan fingerprint density at radius 1 is 1.00 bits per heavy atom. The number of ketones is 1. The van der Waals surface area contributed by atoms with E-state index in [4.69, 9.17) is 11.5 Å². The van der Waals surface area contributed by atoms with Gasteiger partial charge in [0.2, 0.25) is 5.78 Å². The van der Waals surface area contributed by atoms with Gasteiger partial charge in [-0.1, -0.05) is 0 Å². The standard InChI is InChI=1S/C21H22N4O2/c1-12-10-15(23)6-9-17(12)24-18-11-19(21(27)13(2)20(18)26)25(3)16-7-4-14(22)5-8-16/h4-11,26H,22-23H2,1-3H3. The maximum Gasteiger partial charge on any atom is 0.208 e. The number of allylic oxidation sites excluding steroid dienone is 2. The quantitative estimate of drug-likeness (QED) is 0.571. The number of nitrogens with zero attached hydrogens (tertiary/aromatic N) is 2. The number of aliphatic hydroxyl groups is 1. The van der Waals surface area contributed by atoms with Gasteiger partial charge in [-0.3, -0.25) is 4.79 Å². The predicted molar refractivity (Wildman–Crippen MR) is 110 cm³/mol. The van der Waals surface area contributed by atoms with Crippen molar-refractivity contribution in [3.05, 3.63) is 71.1 Å². The molecule has 0 spiro atoms. The maximum atomic E-state index is 12.7. The summed E-state index contributed by atoms with van der Waals surface area (Å²) in [7, 11) is 1.79. The number of nitrogens with two attached hydrogens (primary N) is 2. The van der Waals surface area contributed by atoms with Crippen LogP contribution in [0.2, 0.25) is 0 Å². The van der Waals surface area contributed by atoms with E-state index in [1.54, 1.807) is 49.2 Å². The summed E-state index contributed by atoms with van der Waals surface area (Å²) in [5, 5.41) is 10.4. The molecule has 2 aromatic carbocycles. The number of carbonyl (C=O) groups is 1. The molecule has 0 saturated carbocycles. The largest absolute Gasteiger partial charge is 0.505 e. The number of hydrogen-bond donors (Lipinski definition) is 3. The van der Waals surface area contributed by atoms with E-state index < -0.39 is 0 Å². The van der Waals surface area contributed by atoms with Gasteiger partial charge in [0.05, 0.1) is 11.4 Å². The molecule has 1 aliphatic rings. The number of anilines is 3. The molecule has 0 aromatic heterocycles. The molecule has 3 rings (SSSR count). The first-order valence-electron chi connectivity index (χ1n) is 8.48. The summed E-state index contributed by atoms with van der Waals surface area (Å²) in [6.07, 6.45) is 1.59. The van der Waals surface area contributed by atoms with E-state index in [0.717, 1.165) is 11.3 Å². The summed E-state index contributed by atoms with van der Waals surface area (Å²) >= 11 is 0. The van der Waals surface area contributed by atoms with Gasteiger partial charge in [0.1, 0.15) is 11.5 Å². The minimum atomic E-state index is -0.250. The summed E-state index contributed by atoms with van der Waals surface area (Å²) in [5.41, 5.74) is 16.2. The minimum Gasteiger partial charge on any atom is -0.505 e. The van der Waals surface area contributed by atoms with Crippen molar-refractivity contribution in [2.24, 2.45) is 4.99 Å². The highest BCUT2D eigenvalue weighted by Crippen LogP contribution is 2.28. The lowest BCUT2D eigenvalue weighted by Gasteiger charge is -2.25. The predicted octanol–water partition coefficient (Wildman–Crippen LogP) is 3.67. The number of nitrogen functional groups attached to an aromatic ring is 2. The van der Waals surface area contributed by atoms with Gasteiger partial charge in [-0.25, -0.2) is 4.99 Å². The third-order valence-electron chi connectivity index (χ3n) is 4.55. The van der Waals surface area contributed by atoms with E-state index in [2.05, 4.69) is 4.99 Å². The number of aryl methyl sites for hydroxylation is 1. The van der Waals surface area contributed by atoms with Gasteiger partial charge in [0, 0.05) is 29.7 Å². The molecule has 0 bridgehead atoms. The van der Waals surface area contributed by atoms with Crippen molar-refractivity contribution in [3.8, 4) is 0 Å². The third-order valence-corrected chi connectivity index (χ3v) is 4.55. The van der Waals surface area contributed by atoms with Crippen LogP contribution >= 0.6 is 0 Å². The van der Waals surface area contributed by atoms with Crippen molar-refractivity contribution in [3.63, 3.8) is 0 Å². The Kier molecular flexibility index (Phi) is 4.73. The molecular formula is C21H22N4O2. The lowest BCUT2D eigenvalue weighted by Crippen LogP contribution is -2.29. The van der Waals surface area contributed by atoms with Crippen LogP contribution in [0.4, 0.5) is 22.7 Å². The smallest absolute Gasteiger partial charge is 0.208 e. The van der Waals surface area contributed by atoms with Crippen LogP contribution in [0.25, 0.3) is 0 Å². The maximum absolute atomic E-state index is 12.7. The number of Topliss-reactive ketones (excluding diaryl/α,β-unsaturated/α-hetero) is 1. The Hall–Kier alpha value is -3.54. The van der Waals surface area contributed by atoms with Crippen LogP contribution < -0.4 is 16.4 Å². The van der Waals surface area contributed by atoms with Crippen molar-refractivity contribution < 1.29 is 9.90 Å². The molecule has 138 valence electrons. The van der Waals surface area contributed by atoms with Crippen LogP contribution in [0.15, 0.2) is 70.6 Å². The number of likely N-dealkylation sites (N-methyl/N-ethyl adjacent to an activating group) is 1. The van der Waals surface area contributed by atoms with Crippen LogP contribution in [-0.2, 0) is 4.79 Å². The van der Waals surface area contributed by atoms with Gasteiger partial charge >= 0.3 is 0 Å². The van der Waals surface area contributed by atoms with Gasteiger partial charge in [0.25, 0.3) is 0 Å². The molecule has 0 unspecified atom stereocenters. The Bertz CT molecular complexity index is 1000. The van der Waals surface area contributed by atoms with Crippen molar-refractivity contribution in [2.75, 3.05) is 23.4 Å². The number of aliphatic imine (C=N–C) groups is 1. The zero-order chi connectivity index (χ0) is 19.7. The average Bonchev–Trinajstić information content (AvgIpc) is 2.64. The molecule has 0 fully saturated rings. The highest BCUT2D eigenvalue weighted by molar-refractivity contribution is 6.24. The highest BCUT2D eigenvalue weighted by atomic mass is 16.3. The van der Waals surface area contributed by atoms with Gasteiger partial charge in [-0.15, -0.1) is 0 Å². The fourth-order valence-electron chi connectivity index (χ4n) is 2.86. The number of aliphatic hydroxyl groups excluding tert-OH is 1. The zero-order valence-corrected chi connectivity index (χ0v) is 15.5. The van der Waals surface area contributed by atoms with Gasteiger partial charge in [-0.05, 0) is 68.0 Å². The number of benzene rings is 2. The zero-order valence-electron chi connectivity index (χ0n) is 15.5. The first-order chi connectivity index (χ1) is 12.8. The number of hydrogen-bond acceptors (Lipinski definition) is 6. The summed E-state index contributed by atoms with van der Waals surface area (Å²) < 4.78 is 0. The minimum absolute atomic E-state index is 0.120. The summed E-state index contributed by atoms with van der Waals surface area (Å²) in [4.78, 5) is 19.0. The first kappa shape index (κ1) is 18.3. The molecule has 0 aliphatic heterocycles. The molecule has 5 N–H and O–H groups in total. The third kappa shape index (κ3) is 3.55. The Labute approximate surface area is 158 Å². The van der Waals surface area contributed by atoms with E-state index in [1.807, 2.05) is 25.1 Å². The fraction of sp³-hybridized carbons (Fsp3) is 0.143. The van der Waals surface area contributed by atoms with Crippen LogP contribution in [0.1, 0.15) is 12.5 Å².